The fraction of sp³-hybridized carbons (Fsp3) is 0.0800. The Labute approximate surface area is 190 Å². The number of hydrogen-bond donors (Lipinski definition) is 1. The van der Waals surface area contributed by atoms with Crippen LogP contribution < -0.4 is 14.8 Å². The number of methoxy groups -OCH3 is 1. The topological polar surface area (TPSA) is 73.3 Å². The Bertz CT molecular complexity index is 1230. The van der Waals surface area contributed by atoms with Crippen molar-refractivity contribution in [1.29, 1.82) is 0 Å². The van der Waals surface area contributed by atoms with E-state index in [-0.39, 0.29) is 11.9 Å². The Hall–Kier alpha value is -3.90. The number of anilines is 1. The molecule has 1 N–H and O–H groups in total. The molecule has 0 bridgehead atoms. The second-order valence-corrected chi connectivity index (χ2v) is 7.46. The largest absolute Gasteiger partial charge is 0.495 e. The summed E-state index contributed by atoms with van der Waals surface area (Å²) < 4.78 is 10.8. The Morgan fingerprint density at radius 2 is 1.59 bits per heavy atom. The summed E-state index contributed by atoms with van der Waals surface area (Å²) >= 11 is 6.10. The van der Waals surface area contributed by atoms with Crippen molar-refractivity contribution in [3.8, 4) is 28.6 Å². The molecule has 0 saturated heterocycles. The number of benzene rings is 3. The van der Waals surface area contributed by atoms with Crippen LogP contribution in [0.1, 0.15) is 15.9 Å². The Kier molecular flexibility index (Phi) is 6.33. The summed E-state index contributed by atoms with van der Waals surface area (Å²) in [7, 11) is 1.53. The molecule has 0 aliphatic rings. The van der Waals surface area contributed by atoms with Gasteiger partial charge < -0.3 is 14.8 Å². The fourth-order valence-corrected chi connectivity index (χ4v) is 3.25. The summed E-state index contributed by atoms with van der Waals surface area (Å²) in [6.07, 6.45) is 3.43. The second kappa shape index (κ2) is 9.49. The third-order valence-corrected chi connectivity index (χ3v) is 5.04. The highest BCUT2D eigenvalue weighted by Gasteiger charge is 2.09. The number of amides is 1. The van der Waals surface area contributed by atoms with Gasteiger partial charge >= 0.3 is 6.01 Å². The first-order valence-corrected chi connectivity index (χ1v) is 10.2. The average molecular weight is 446 g/mol. The van der Waals surface area contributed by atoms with Crippen molar-refractivity contribution < 1.29 is 14.3 Å². The van der Waals surface area contributed by atoms with E-state index in [0.717, 1.165) is 11.1 Å². The van der Waals surface area contributed by atoms with Crippen LogP contribution in [-0.2, 0) is 0 Å². The maximum atomic E-state index is 12.5. The molecule has 4 rings (SSSR count). The zero-order valence-corrected chi connectivity index (χ0v) is 18.3. The van der Waals surface area contributed by atoms with Gasteiger partial charge in [0.1, 0.15) is 11.5 Å². The first kappa shape index (κ1) is 21.3. The van der Waals surface area contributed by atoms with E-state index in [9.17, 15) is 4.79 Å². The number of nitrogens with one attached hydrogen (secondary N) is 1. The van der Waals surface area contributed by atoms with Crippen molar-refractivity contribution in [2.24, 2.45) is 0 Å². The predicted octanol–water partition coefficient (Wildman–Crippen LogP) is 6.16. The van der Waals surface area contributed by atoms with Crippen LogP contribution in [0.4, 0.5) is 5.69 Å². The predicted molar refractivity (Wildman–Crippen MR) is 125 cm³/mol. The van der Waals surface area contributed by atoms with E-state index in [0.29, 0.717) is 27.8 Å². The van der Waals surface area contributed by atoms with Crippen LogP contribution in [-0.4, -0.2) is 23.0 Å². The highest BCUT2D eigenvalue weighted by molar-refractivity contribution is 6.32. The van der Waals surface area contributed by atoms with Gasteiger partial charge in [-0.05, 0) is 55.0 Å². The number of ether oxygens (including phenoxy) is 2. The number of rotatable bonds is 6. The monoisotopic (exact) mass is 445 g/mol. The summed E-state index contributed by atoms with van der Waals surface area (Å²) in [6.45, 7) is 2.04. The van der Waals surface area contributed by atoms with Crippen molar-refractivity contribution in [3.63, 3.8) is 0 Å². The average Bonchev–Trinajstić information content (AvgIpc) is 2.81. The zero-order valence-electron chi connectivity index (χ0n) is 17.5. The molecule has 4 aromatic rings. The number of hydrogen-bond acceptors (Lipinski definition) is 5. The lowest BCUT2D eigenvalue weighted by Gasteiger charge is -2.09. The van der Waals surface area contributed by atoms with Gasteiger partial charge in [0, 0.05) is 29.2 Å². The molecule has 0 atom stereocenters. The molecule has 0 unspecified atom stereocenters. The van der Waals surface area contributed by atoms with Crippen molar-refractivity contribution in [2.45, 2.75) is 6.92 Å². The minimum atomic E-state index is -0.267. The van der Waals surface area contributed by atoms with Crippen molar-refractivity contribution in [2.75, 3.05) is 12.4 Å². The minimum absolute atomic E-state index is 0.228. The van der Waals surface area contributed by atoms with Crippen molar-refractivity contribution in [1.82, 2.24) is 9.97 Å². The van der Waals surface area contributed by atoms with Gasteiger partial charge in [-0.1, -0.05) is 41.4 Å². The van der Waals surface area contributed by atoms with Crippen molar-refractivity contribution in [3.05, 3.63) is 95.3 Å². The van der Waals surface area contributed by atoms with Crippen LogP contribution in [0.25, 0.3) is 11.1 Å². The van der Waals surface area contributed by atoms with E-state index in [1.54, 1.807) is 54.9 Å². The lowest BCUT2D eigenvalue weighted by molar-refractivity contribution is 0.102. The molecule has 6 nitrogen and oxygen atoms in total. The Balaban J connectivity index is 1.39. The highest BCUT2D eigenvalue weighted by atomic mass is 35.5. The molecule has 1 amide bonds. The third-order valence-electron chi connectivity index (χ3n) is 4.75. The summed E-state index contributed by atoms with van der Waals surface area (Å²) in [5, 5.41) is 3.22. The molecule has 160 valence electrons. The SMILES string of the molecule is COc1ccc(NC(=O)c2ccc(Oc3ncc(-c4ccc(C)cc4)cn3)cc2)cc1Cl. The summed E-state index contributed by atoms with van der Waals surface area (Å²) in [5.41, 5.74) is 4.18. The smallest absolute Gasteiger partial charge is 0.321 e. The van der Waals surface area contributed by atoms with Crippen LogP contribution in [0.5, 0.6) is 17.5 Å². The van der Waals surface area contributed by atoms with Gasteiger partial charge in [0.25, 0.3) is 5.91 Å². The van der Waals surface area contributed by atoms with Gasteiger partial charge in [0.05, 0.1) is 12.1 Å². The molecule has 0 aliphatic carbocycles. The molecule has 0 saturated carbocycles. The molecule has 0 aliphatic heterocycles. The number of halogens is 1. The normalized spacial score (nSPS) is 10.5. The first-order chi connectivity index (χ1) is 15.5. The van der Waals surface area contributed by atoms with Gasteiger partial charge in [-0.2, -0.15) is 0 Å². The number of nitrogens with zero attached hydrogens (tertiary/aromatic N) is 2. The number of aryl methyl sites for hydroxylation is 1. The third kappa shape index (κ3) is 5.04. The zero-order chi connectivity index (χ0) is 22.5. The van der Waals surface area contributed by atoms with Crippen LogP contribution in [0, 0.1) is 6.92 Å². The Morgan fingerprint density at radius 1 is 0.906 bits per heavy atom. The van der Waals surface area contributed by atoms with Crippen LogP contribution in [0.3, 0.4) is 0 Å². The summed E-state index contributed by atoms with van der Waals surface area (Å²) in [4.78, 5) is 21.0. The van der Waals surface area contributed by atoms with E-state index >= 15 is 0 Å². The molecule has 7 heteroatoms. The second-order valence-electron chi connectivity index (χ2n) is 7.05. The maximum absolute atomic E-state index is 12.5. The van der Waals surface area contributed by atoms with E-state index in [4.69, 9.17) is 21.1 Å². The van der Waals surface area contributed by atoms with Gasteiger partial charge in [0.15, 0.2) is 0 Å². The van der Waals surface area contributed by atoms with E-state index in [1.807, 2.05) is 31.2 Å². The molecule has 0 spiro atoms. The highest BCUT2D eigenvalue weighted by Crippen LogP contribution is 2.28. The standard InChI is InChI=1S/C25H20ClN3O3/c1-16-3-5-17(6-4-16)19-14-27-25(28-15-19)32-21-10-7-18(8-11-21)24(30)29-20-9-12-23(31-2)22(26)13-20/h3-15H,1-2H3,(H,29,30). The van der Waals surface area contributed by atoms with Gasteiger partial charge in [0.2, 0.25) is 0 Å². The van der Waals surface area contributed by atoms with E-state index < -0.39 is 0 Å². The maximum Gasteiger partial charge on any atom is 0.321 e. The lowest BCUT2D eigenvalue weighted by atomic mass is 10.1. The van der Waals surface area contributed by atoms with Crippen LogP contribution in [0.2, 0.25) is 5.02 Å². The van der Waals surface area contributed by atoms with E-state index in [1.165, 1.54) is 12.7 Å². The molecule has 32 heavy (non-hydrogen) atoms. The molecular formula is C25H20ClN3O3. The summed E-state index contributed by atoms with van der Waals surface area (Å²) in [5.74, 6) is 0.800. The van der Waals surface area contributed by atoms with Gasteiger partial charge in [-0.15, -0.1) is 0 Å². The molecule has 1 aromatic heterocycles. The van der Waals surface area contributed by atoms with Crippen LogP contribution >= 0.6 is 11.6 Å². The van der Waals surface area contributed by atoms with Gasteiger partial charge in [-0.25, -0.2) is 9.97 Å². The Morgan fingerprint density at radius 3 is 2.22 bits per heavy atom. The van der Waals surface area contributed by atoms with Crippen LogP contribution in [0.15, 0.2) is 79.1 Å². The summed E-state index contributed by atoms with van der Waals surface area (Å²) in [6, 6.07) is 20.1. The van der Waals surface area contributed by atoms with E-state index in [2.05, 4.69) is 15.3 Å². The molecule has 3 aromatic carbocycles. The quantitative estimate of drug-likeness (QED) is 0.385. The van der Waals surface area contributed by atoms with Crippen molar-refractivity contribution >= 4 is 23.2 Å². The molecule has 1 heterocycles. The molecular weight excluding hydrogens is 426 g/mol. The lowest BCUT2D eigenvalue weighted by Crippen LogP contribution is -2.11. The van der Waals surface area contributed by atoms with Gasteiger partial charge in [-0.3, -0.25) is 4.79 Å². The number of carbonyl (C=O) groups is 1. The molecule has 0 fully saturated rings. The number of carbonyl (C=O) groups excluding carboxylic acids is 1. The molecule has 0 radical (unpaired) electrons. The first-order valence-electron chi connectivity index (χ1n) is 9.84. The minimum Gasteiger partial charge on any atom is -0.495 e. The fourth-order valence-electron chi connectivity index (χ4n) is 2.99. The number of aromatic nitrogens is 2.